The lowest BCUT2D eigenvalue weighted by molar-refractivity contribution is 0.320. The molecule has 1 fully saturated rings. The van der Waals surface area contributed by atoms with Gasteiger partial charge in [0.2, 0.25) is 10.0 Å². The van der Waals surface area contributed by atoms with E-state index in [2.05, 4.69) is 10.0 Å². The van der Waals surface area contributed by atoms with Crippen molar-refractivity contribution in [1.29, 1.82) is 0 Å². The largest absolute Gasteiger partial charge is 0.316 e. The molecule has 8 heteroatoms. The highest BCUT2D eigenvalue weighted by atomic mass is 35.5. The van der Waals surface area contributed by atoms with E-state index >= 15 is 0 Å². The predicted octanol–water partition coefficient (Wildman–Crippen LogP) is 2.71. The van der Waals surface area contributed by atoms with Crippen molar-refractivity contribution in [3.8, 4) is 0 Å². The minimum atomic E-state index is -3.47. The Morgan fingerprint density at radius 1 is 1.50 bits per heavy atom. The first-order valence-electron chi connectivity index (χ1n) is 7.02. The summed E-state index contributed by atoms with van der Waals surface area (Å²) in [6.07, 6.45) is 2.07. The molecule has 0 radical (unpaired) electrons. The molecule has 4 nitrogen and oxygen atoms in total. The van der Waals surface area contributed by atoms with Crippen LogP contribution in [-0.2, 0) is 15.8 Å². The van der Waals surface area contributed by atoms with Gasteiger partial charge in [0.25, 0.3) is 0 Å². The summed E-state index contributed by atoms with van der Waals surface area (Å²) < 4.78 is 40.1. The van der Waals surface area contributed by atoms with Gasteiger partial charge >= 0.3 is 0 Å². The molecule has 1 aliphatic heterocycles. The Kier molecular flexibility index (Phi) is 7.55. The molecular weight excluding hydrogens is 350 g/mol. The van der Waals surface area contributed by atoms with E-state index in [1.54, 1.807) is 0 Å². The standard InChI is InChI=1S/C14H20ClFN2O2S.ClH/c1-10(12-3-2-6-17-8-12)18-21(19,20)9-11-4-5-14(16)13(15)7-11;/h4-5,7,10,12,17-18H,2-3,6,8-9H2,1H3;1H. The Morgan fingerprint density at radius 3 is 2.82 bits per heavy atom. The molecule has 22 heavy (non-hydrogen) atoms. The van der Waals surface area contributed by atoms with E-state index in [0.717, 1.165) is 25.9 Å². The molecule has 0 aromatic heterocycles. The first kappa shape index (κ1) is 19.6. The minimum absolute atomic E-state index is 0. The zero-order valence-corrected chi connectivity index (χ0v) is 14.7. The third-order valence-electron chi connectivity index (χ3n) is 3.75. The number of sulfonamides is 1. The monoisotopic (exact) mass is 370 g/mol. The number of hydrogen-bond acceptors (Lipinski definition) is 3. The van der Waals surface area contributed by atoms with E-state index < -0.39 is 15.8 Å². The predicted molar refractivity (Wildman–Crippen MR) is 89.5 cm³/mol. The summed E-state index contributed by atoms with van der Waals surface area (Å²) in [4.78, 5) is 0. The van der Waals surface area contributed by atoms with E-state index in [9.17, 15) is 12.8 Å². The maximum Gasteiger partial charge on any atom is 0.216 e. The molecule has 0 amide bonds. The van der Waals surface area contributed by atoms with Gasteiger partial charge in [0.05, 0.1) is 10.8 Å². The molecule has 0 bridgehead atoms. The quantitative estimate of drug-likeness (QED) is 0.837. The third kappa shape index (κ3) is 5.66. The van der Waals surface area contributed by atoms with Crippen LogP contribution < -0.4 is 10.0 Å². The van der Waals surface area contributed by atoms with Crippen molar-refractivity contribution >= 4 is 34.0 Å². The van der Waals surface area contributed by atoms with Crippen LogP contribution in [0.25, 0.3) is 0 Å². The molecule has 1 aromatic rings. The lowest BCUT2D eigenvalue weighted by Crippen LogP contribution is -2.44. The fourth-order valence-corrected chi connectivity index (χ4v) is 4.24. The third-order valence-corrected chi connectivity index (χ3v) is 5.48. The highest BCUT2D eigenvalue weighted by molar-refractivity contribution is 7.88. The zero-order chi connectivity index (χ0) is 15.5. The van der Waals surface area contributed by atoms with Gasteiger partial charge in [-0.15, -0.1) is 12.4 Å². The highest BCUT2D eigenvalue weighted by Crippen LogP contribution is 2.19. The molecule has 2 atom stereocenters. The molecule has 0 spiro atoms. The van der Waals surface area contributed by atoms with E-state index in [1.807, 2.05) is 6.92 Å². The Labute approximate surface area is 142 Å². The normalized spacial score (nSPS) is 20.2. The van der Waals surface area contributed by atoms with Crippen LogP contribution in [0.2, 0.25) is 5.02 Å². The number of rotatable bonds is 5. The summed E-state index contributed by atoms with van der Waals surface area (Å²) >= 11 is 5.67. The van der Waals surface area contributed by atoms with Crippen LogP contribution in [0, 0.1) is 11.7 Å². The SMILES string of the molecule is CC(NS(=O)(=O)Cc1ccc(F)c(Cl)c1)C1CCCNC1.Cl. The maximum atomic E-state index is 13.1. The second kappa shape index (κ2) is 8.45. The molecule has 2 rings (SSSR count). The smallest absolute Gasteiger partial charge is 0.216 e. The van der Waals surface area contributed by atoms with E-state index in [-0.39, 0.29) is 29.2 Å². The van der Waals surface area contributed by atoms with Crippen molar-refractivity contribution in [3.05, 3.63) is 34.6 Å². The average molecular weight is 371 g/mol. The molecule has 1 aliphatic rings. The van der Waals surface area contributed by atoms with Crippen LogP contribution in [0.5, 0.6) is 0 Å². The first-order valence-corrected chi connectivity index (χ1v) is 9.05. The van der Waals surface area contributed by atoms with Gasteiger partial charge in [-0.3, -0.25) is 0 Å². The molecular formula is C14H21Cl2FN2O2S. The summed E-state index contributed by atoms with van der Waals surface area (Å²) in [6, 6.07) is 3.84. The molecule has 1 heterocycles. The van der Waals surface area contributed by atoms with Gasteiger partial charge in [0.1, 0.15) is 5.82 Å². The van der Waals surface area contributed by atoms with Gasteiger partial charge in [-0.25, -0.2) is 17.5 Å². The summed E-state index contributed by atoms with van der Waals surface area (Å²) in [5, 5.41) is 3.21. The fourth-order valence-electron chi connectivity index (χ4n) is 2.58. The Balaban J connectivity index is 0.00000242. The van der Waals surface area contributed by atoms with Gasteiger partial charge in [0, 0.05) is 6.04 Å². The number of halogens is 3. The van der Waals surface area contributed by atoms with Crippen molar-refractivity contribution in [2.24, 2.45) is 5.92 Å². The molecule has 2 N–H and O–H groups in total. The van der Waals surface area contributed by atoms with Crippen LogP contribution in [0.3, 0.4) is 0 Å². The summed E-state index contributed by atoms with van der Waals surface area (Å²) in [5.74, 6) is -0.449. The van der Waals surface area contributed by atoms with Gasteiger partial charge in [-0.1, -0.05) is 17.7 Å². The molecule has 2 unspecified atom stereocenters. The van der Waals surface area contributed by atoms with Crippen molar-refractivity contribution in [2.45, 2.75) is 31.6 Å². The molecule has 126 valence electrons. The lowest BCUT2D eigenvalue weighted by atomic mass is 9.94. The van der Waals surface area contributed by atoms with Crippen molar-refractivity contribution in [1.82, 2.24) is 10.0 Å². The van der Waals surface area contributed by atoms with Crippen LogP contribution in [-0.4, -0.2) is 27.5 Å². The van der Waals surface area contributed by atoms with Crippen LogP contribution >= 0.6 is 24.0 Å². The minimum Gasteiger partial charge on any atom is -0.316 e. The second-order valence-electron chi connectivity index (χ2n) is 5.52. The van der Waals surface area contributed by atoms with Gasteiger partial charge in [-0.2, -0.15) is 0 Å². The first-order chi connectivity index (χ1) is 9.87. The van der Waals surface area contributed by atoms with Crippen LogP contribution in [0.1, 0.15) is 25.3 Å². The van der Waals surface area contributed by atoms with Crippen molar-refractivity contribution in [2.75, 3.05) is 13.1 Å². The Hall–Kier alpha value is -0.400. The Bertz CT molecular complexity index is 593. The number of piperidine rings is 1. The number of benzene rings is 1. The van der Waals surface area contributed by atoms with Gasteiger partial charge in [0.15, 0.2) is 0 Å². The number of nitrogens with one attached hydrogen (secondary N) is 2. The molecule has 0 aliphatic carbocycles. The zero-order valence-electron chi connectivity index (χ0n) is 12.3. The molecule has 1 saturated heterocycles. The second-order valence-corrected chi connectivity index (χ2v) is 7.68. The van der Waals surface area contributed by atoms with Crippen molar-refractivity contribution in [3.63, 3.8) is 0 Å². The average Bonchev–Trinajstić information content (AvgIpc) is 2.43. The van der Waals surface area contributed by atoms with Gasteiger partial charge < -0.3 is 5.32 Å². The number of hydrogen-bond donors (Lipinski definition) is 2. The summed E-state index contributed by atoms with van der Waals surface area (Å²) in [6.45, 7) is 3.70. The van der Waals surface area contributed by atoms with Gasteiger partial charge in [-0.05, 0) is 56.5 Å². The Morgan fingerprint density at radius 2 is 2.23 bits per heavy atom. The van der Waals surface area contributed by atoms with E-state index in [0.29, 0.717) is 11.5 Å². The molecule has 1 aromatic carbocycles. The lowest BCUT2D eigenvalue weighted by Gasteiger charge is -2.28. The maximum absolute atomic E-state index is 13.1. The van der Waals surface area contributed by atoms with Crippen molar-refractivity contribution < 1.29 is 12.8 Å². The van der Waals surface area contributed by atoms with Crippen LogP contribution in [0.15, 0.2) is 18.2 Å². The highest BCUT2D eigenvalue weighted by Gasteiger charge is 2.24. The summed E-state index contributed by atoms with van der Waals surface area (Å²) in [7, 11) is -3.47. The van der Waals surface area contributed by atoms with Crippen LogP contribution in [0.4, 0.5) is 4.39 Å². The van der Waals surface area contributed by atoms with E-state index in [4.69, 9.17) is 11.6 Å². The molecule has 0 saturated carbocycles. The fraction of sp³-hybridized carbons (Fsp3) is 0.571. The van der Waals surface area contributed by atoms with E-state index in [1.165, 1.54) is 18.2 Å². The summed E-state index contributed by atoms with van der Waals surface area (Å²) in [5.41, 5.74) is 0.475. The topological polar surface area (TPSA) is 58.2 Å².